The first-order chi connectivity index (χ1) is 4.22. The van der Waals surface area contributed by atoms with Gasteiger partial charge in [0.2, 0.25) is 0 Å². The van der Waals surface area contributed by atoms with Gasteiger partial charge in [-0.15, -0.1) is 13.2 Å². The van der Waals surface area contributed by atoms with Gasteiger partial charge in [-0.25, -0.2) is 0 Å². The average Bonchev–Trinajstić information content (AvgIpc) is 1.87. The molecule has 0 rings (SSSR count). The molecule has 0 bridgehead atoms. The van der Waals surface area contributed by atoms with Gasteiger partial charge in [0.25, 0.3) is 0 Å². The summed E-state index contributed by atoms with van der Waals surface area (Å²) in [7, 11) is 0. The fourth-order valence-electron chi connectivity index (χ4n) is 0.394. The largest absolute Gasteiger partial charge is 0.381 e. The number of aliphatic hydroxyl groups excluding tert-OH is 1. The Labute approximate surface area is 54.5 Å². The SMILES string of the molecule is C=CCC(=O)C(O)C=C. The van der Waals surface area contributed by atoms with Gasteiger partial charge >= 0.3 is 0 Å². The van der Waals surface area contributed by atoms with E-state index in [9.17, 15) is 4.79 Å². The molecule has 0 aliphatic heterocycles. The fourth-order valence-corrected chi connectivity index (χ4v) is 0.394. The average molecular weight is 126 g/mol. The lowest BCUT2D eigenvalue weighted by Gasteiger charge is -1.98. The summed E-state index contributed by atoms with van der Waals surface area (Å²) in [4.78, 5) is 10.6. The molecule has 0 aromatic carbocycles. The maximum Gasteiger partial charge on any atom is 0.168 e. The highest BCUT2D eigenvalue weighted by molar-refractivity contribution is 5.85. The van der Waals surface area contributed by atoms with Crippen LogP contribution >= 0.6 is 0 Å². The van der Waals surface area contributed by atoms with E-state index in [4.69, 9.17) is 5.11 Å². The van der Waals surface area contributed by atoms with Crippen molar-refractivity contribution in [2.45, 2.75) is 12.5 Å². The Balaban J connectivity index is 3.71. The lowest BCUT2D eigenvalue weighted by atomic mass is 10.2. The van der Waals surface area contributed by atoms with Crippen molar-refractivity contribution in [3.8, 4) is 0 Å². The molecule has 0 aromatic rings. The molecule has 50 valence electrons. The maximum atomic E-state index is 10.6. The first-order valence-electron chi connectivity index (χ1n) is 2.66. The smallest absolute Gasteiger partial charge is 0.168 e. The maximum absolute atomic E-state index is 10.6. The molecule has 0 radical (unpaired) electrons. The van der Waals surface area contributed by atoms with Crippen molar-refractivity contribution in [2.24, 2.45) is 0 Å². The highest BCUT2D eigenvalue weighted by atomic mass is 16.3. The van der Waals surface area contributed by atoms with E-state index in [1.165, 1.54) is 12.2 Å². The van der Waals surface area contributed by atoms with E-state index in [-0.39, 0.29) is 12.2 Å². The summed E-state index contributed by atoms with van der Waals surface area (Å²) in [6.45, 7) is 6.61. The Hall–Kier alpha value is -0.890. The van der Waals surface area contributed by atoms with Gasteiger partial charge in [-0.2, -0.15) is 0 Å². The van der Waals surface area contributed by atoms with Crippen LogP contribution in [0.4, 0.5) is 0 Å². The summed E-state index contributed by atoms with van der Waals surface area (Å²) < 4.78 is 0. The van der Waals surface area contributed by atoms with Gasteiger partial charge in [-0.05, 0) is 0 Å². The summed E-state index contributed by atoms with van der Waals surface area (Å²) >= 11 is 0. The van der Waals surface area contributed by atoms with Gasteiger partial charge in [0, 0.05) is 6.42 Å². The number of Topliss-reactive ketones (excluding diaryl/α,β-unsaturated/α-hetero) is 1. The minimum absolute atomic E-state index is 0.202. The molecule has 0 aromatic heterocycles. The number of allylic oxidation sites excluding steroid dienone is 1. The standard InChI is InChI=1S/C7H10O2/c1-3-5-7(9)6(8)4-2/h3-4,6,8H,1-2,5H2. The zero-order valence-corrected chi connectivity index (χ0v) is 5.21. The molecule has 0 amide bonds. The number of hydrogen-bond donors (Lipinski definition) is 1. The third kappa shape index (κ3) is 2.82. The van der Waals surface area contributed by atoms with Crippen molar-refractivity contribution < 1.29 is 9.90 Å². The van der Waals surface area contributed by atoms with E-state index < -0.39 is 6.10 Å². The van der Waals surface area contributed by atoms with Crippen molar-refractivity contribution in [1.29, 1.82) is 0 Å². The quantitative estimate of drug-likeness (QED) is 0.562. The van der Waals surface area contributed by atoms with Crippen LogP contribution < -0.4 is 0 Å². The normalized spacial score (nSPS) is 12.1. The first kappa shape index (κ1) is 8.11. The van der Waals surface area contributed by atoms with E-state index in [1.807, 2.05) is 0 Å². The van der Waals surface area contributed by atoms with E-state index >= 15 is 0 Å². The molecule has 2 nitrogen and oxygen atoms in total. The van der Waals surface area contributed by atoms with Crippen LogP contribution in [-0.2, 0) is 4.79 Å². The van der Waals surface area contributed by atoms with Crippen molar-refractivity contribution in [3.05, 3.63) is 25.3 Å². The number of hydrogen-bond acceptors (Lipinski definition) is 2. The molecule has 9 heavy (non-hydrogen) atoms. The molecule has 1 N–H and O–H groups in total. The summed E-state index contributed by atoms with van der Waals surface area (Å²) in [5.41, 5.74) is 0. The molecule has 0 saturated heterocycles. The molecule has 0 spiro atoms. The van der Waals surface area contributed by atoms with E-state index in [2.05, 4.69) is 13.2 Å². The van der Waals surface area contributed by atoms with Gasteiger partial charge in [-0.3, -0.25) is 4.79 Å². The highest BCUT2D eigenvalue weighted by Gasteiger charge is 2.06. The number of ketones is 1. The summed E-state index contributed by atoms with van der Waals surface area (Å²) in [5.74, 6) is -0.264. The molecular weight excluding hydrogens is 116 g/mol. The predicted molar refractivity (Wildman–Crippen MR) is 36.0 cm³/mol. The van der Waals surface area contributed by atoms with Gasteiger partial charge < -0.3 is 5.11 Å². The van der Waals surface area contributed by atoms with Crippen LogP contribution in [0.15, 0.2) is 25.3 Å². The summed E-state index contributed by atoms with van der Waals surface area (Å²) in [6.07, 6.45) is 1.83. The fraction of sp³-hybridized carbons (Fsp3) is 0.286. The number of carbonyl (C=O) groups excluding carboxylic acids is 1. The Bertz CT molecular complexity index is 127. The molecule has 2 heteroatoms. The Morgan fingerprint density at radius 3 is 2.56 bits per heavy atom. The van der Waals surface area contributed by atoms with Crippen LogP contribution in [0.5, 0.6) is 0 Å². The highest BCUT2D eigenvalue weighted by Crippen LogP contribution is 1.91. The van der Waals surface area contributed by atoms with Crippen LogP contribution in [0.25, 0.3) is 0 Å². The molecular formula is C7H10O2. The summed E-state index contributed by atoms with van der Waals surface area (Å²) in [5, 5.41) is 8.74. The van der Waals surface area contributed by atoms with Crippen LogP contribution in [0.3, 0.4) is 0 Å². The van der Waals surface area contributed by atoms with Gasteiger partial charge in [0.05, 0.1) is 0 Å². The van der Waals surface area contributed by atoms with Gasteiger partial charge in [0.1, 0.15) is 6.10 Å². The van der Waals surface area contributed by atoms with Crippen molar-refractivity contribution >= 4 is 5.78 Å². The number of carbonyl (C=O) groups is 1. The molecule has 0 aliphatic carbocycles. The Morgan fingerprint density at radius 2 is 2.22 bits per heavy atom. The van der Waals surface area contributed by atoms with Crippen LogP contribution in [0.1, 0.15) is 6.42 Å². The molecule has 0 fully saturated rings. The zero-order chi connectivity index (χ0) is 7.28. The third-order valence-corrected chi connectivity index (χ3v) is 0.899. The second-order valence-electron chi connectivity index (χ2n) is 1.64. The topological polar surface area (TPSA) is 37.3 Å². The van der Waals surface area contributed by atoms with Crippen molar-refractivity contribution in [1.82, 2.24) is 0 Å². The third-order valence-electron chi connectivity index (χ3n) is 0.899. The number of aliphatic hydroxyl groups is 1. The first-order valence-corrected chi connectivity index (χ1v) is 2.66. The molecule has 1 atom stereocenters. The van der Waals surface area contributed by atoms with Crippen molar-refractivity contribution in [3.63, 3.8) is 0 Å². The minimum atomic E-state index is -1.03. The van der Waals surface area contributed by atoms with E-state index in [0.717, 1.165) is 0 Å². The van der Waals surface area contributed by atoms with Gasteiger partial charge in [0.15, 0.2) is 5.78 Å². The second-order valence-corrected chi connectivity index (χ2v) is 1.64. The molecule has 0 heterocycles. The minimum Gasteiger partial charge on any atom is -0.381 e. The van der Waals surface area contributed by atoms with E-state index in [1.54, 1.807) is 0 Å². The molecule has 0 aliphatic rings. The van der Waals surface area contributed by atoms with Crippen LogP contribution in [-0.4, -0.2) is 17.0 Å². The monoisotopic (exact) mass is 126 g/mol. The van der Waals surface area contributed by atoms with E-state index in [0.29, 0.717) is 0 Å². The Morgan fingerprint density at radius 1 is 1.67 bits per heavy atom. The lowest BCUT2D eigenvalue weighted by molar-refractivity contribution is -0.124. The van der Waals surface area contributed by atoms with Crippen molar-refractivity contribution in [2.75, 3.05) is 0 Å². The molecule has 1 unspecified atom stereocenters. The second kappa shape index (κ2) is 4.04. The zero-order valence-electron chi connectivity index (χ0n) is 5.21. The van der Waals surface area contributed by atoms with Gasteiger partial charge in [-0.1, -0.05) is 12.2 Å². The summed E-state index contributed by atoms with van der Waals surface area (Å²) in [6, 6.07) is 0. The lowest BCUT2D eigenvalue weighted by Crippen LogP contribution is -2.15. The predicted octanol–water partition coefficient (Wildman–Crippen LogP) is 0.678. The Kier molecular flexibility index (Phi) is 3.64. The van der Waals surface area contributed by atoms with Crippen LogP contribution in [0.2, 0.25) is 0 Å². The van der Waals surface area contributed by atoms with Crippen LogP contribution in [0, 0.1) is 0 Å². The number of rotatable bonds is 4. The molecule has 0 saturated carbocycles.